The number of anilines is 1. The molecule has 0 unspecified atom stereocenters. The van der Waals surface area contributed by atoms with E-state index in [1.807, 2.05) is 12.1 Å². The lowest BCUT2D eigenvalue weighted by atomic mass is 10.3. The van der Waals surface area contributed by atoms with E-state index in [0.29, 0.717) is 42.1 Å². The van der Waals surface area contributed by atoms with Crippen LogP contribution in [0.4, 0.5) is 10.5 Å². The SMILES string of the molecule is Cc1nnc(CN2CCN(C(=O)Nc3cccc(Cl)c3)CC2)o1. The molecule has 2 heterocycles. The smallest absolute Gasteiger partial charge is 0.321 e. The van der Waals surface area contributed by atoms with E-state index in [2.05, 4.69) is 20.4 Å². The summed E-state index contributed by atoms with van der Waals surface area (Å²) in [4.78, 5) is 16.2. The van der Waals surface area contributed by atoms with Crippen LogP contribution in [-0.4, -0.2) is 52.2 Å². The van der Waals surface area contributed by atoms with Gasteiger partial charge in [-0.15, -0.1) is 10.2 Å². The molecule has 0 spiro atoms. The first-order valence-electron chi connectivity index (χ1n) is 7.43. The van der Waals surface area contributed by atoms with Crippen molar-refractivity contribution in [2.75, 3.05) is 31.5 Å². The van der Waals surface area contributed by atoms with Gasteiger partial charge in [0, 0.05) is 43.8 Å². The summed E-state index contributed by atoms with van der Waals surface area (Å²) in [7, 11) is 0. The van der Waals surface area contributed by atoms with Crippen molar-refractivity contribution in [1.82, 2.24) is 20.0 Å². The van der Waals surface area contributed by atoms with Crippen molar-refractivity contribution in [3.63, 3.8) is 0 Å². The molecule has 0 bridgehead atoms. The maximum Gasteiger partial charge on any atom is 0.321 e. The Bertz CT molecular complexity index is 682. The molecule has 1 saturated heterocycles. The summed E-state index contributed by atoms with van der Waals surface area (Å²) in [6, 6.07) is 7.02. The van der Waals surface area contributed by atoms with E-state index in [0.717, 1.165) is 13.1 Å². The van der Waals surface area contributed by atoms with Crippen LogP contribution in [-0.2, 0) is 6.54 Å². The number of piperazine rings is 1. The maximum absolute atomic E-state index is 12.3. The number of benzene rings is 1. The van der Waals surface area contributed by atoms with Gasteiger partial charge in [-0.2, -0.15) is 0 Å². The zero-order valence-electron chi connectivity index (χ0n) is 12.8. The van der Waals surface area contributed by atoms with E-state index < -0.39 is 0 Å². The number of nitrogens with one attached hydrogen (secondary N) is 1. The van der Waals surface area contributed by atoms with Crippen molar-refractivity contribution in [2.45, 2.75) is 13.5 Å². The normalized spacial score (nSPS) is 15.7. The van der Waals surface area contributed by atoms with Crippen LogP contribution in [0.15, 0.2) is 28.7 Å². The van der Waals surface area contributed by atoms with Gasteiger partial charge in [0.1, 0.15) is 0 Å². The molecule has 0 saturated carbocycles. The van der Waals surface area contributed by atoms with E-state index in [1.165, 1.54) is 0 Å². The average Bonchev–Trinajstić information content (AvgIpc) is 2.93. The molecule has 0 atom stereocenters. The monoisotopic (exact) mass is 335 g/mol. The Morgan fingerprint density at radius 1 is 1.30 bits per heavy atom. The van der Waals surface area contributed by atoms with Gasteiger partial charge in [0.05, 0.1) is 6.54 Å². The third kappa shape index (κ3) is 4.20. The summed E-state index contributed by atoms with van der Waals surface area (Å²) in [6.45, 7) is 5.23. The Labute approximate surface area is 139 Å². The molecule has 1 fully saturated rings. The predicted octanol–water partition coefficient (Wildman–Crippen LogP) is 2.38. The lowest BCUT2D eigenvalue weighted by Gasteiger charge is -2.33. The number of carbonyl (C=O) groups is 1. The number of amides is 2. The summed E-state index contributed by atoms with van der Waals surface area (Å²) < 4.78 is 5.38. The number of carbonyl (C=O) groups excluding carboxylic acids is 1. The van der Waals surface area contributed by atoms with Gasteiger partial charge >= 0.3 is 6.03 Å². The summed E-state index contributed by atoms with van der Waals surface area (Å²) in [5.74, 6) is 1.18. The molecule has 0 radical (unpaired) electrons. The first-order chi connectivity index (χ1) is 11.1. The van der Waals surface area contributed by atoms with Crippen molar-refractivity contribution in [3.05, 3.63) is 41.1 Å². The number of hydrogen-bond acceptors (Lipinski definition) is 5. The van der Waals surface area contributed by atoms with Crippen molar-refractivity contribution in [1.29, 1.82) is 0 Å². The zero-order valence-corrected chi connectivity index (χ0v) is 13.6. The third-order valence-electron chi connectivity index (χ3n) is 3.66. The second-order valence-corrected chi connectivity index (χ2v) is 5.85. The van der Waals surface area contributed by atoms with Crippen molar-refractivity contribution < 1.29 is 9.21 Å². The van der Waals surface area contributed by atoms with Gasteiger partial charge in [0.2, 0.25) is 11.8 Å². The first-order valence-corrected chi connectivity index (χ1v) is 7.81. The molecule has 8 heteroatoms. The number of halogens is 1. The zero-order chi connectivity index (χ0) is 16.2. The highest BCUT2D eigenvalue weighted by Crippen LogP contribution is 2.16. The Balaban J connectivity index is 1.49. The second kappa shape index (κ2) is 6.97. The quantitative estimate of drug-likeness (QED) is 0.932. The number of urea groups is 1. The fourth-order valence-electron chi connectivity index (χ4n) is 2.47. The van der Waals surface area contributed by atoms with Gasteiger partial charge in [0.25, 0.3) is 0 Å². The van der Waals surface area contributed by atoms with E-state index >= 15 is 0 Å². The third-order valence-corrected chi connectivity index (χ3v) is 3.90. The minimum absolute atomic E-state index is 0.111. The van der Waals surface area contributed by atoms with Crippen LogP contribution >= 0.6 is 11.6 Å². The van der Waals surface area contributed by atoms with Gasteiger partial charge in [-0.3, -0.25) is 4.90 Å². The van der Waals surface area contributed by atoms with Gasteiger partial charge < -0.3 is 14.6 Å². The molecular formula is C15H18ClN5O2. The van der Waals surface area contributed by atoms with Crippen LogP contribution in [0.1, 0.15) is 11.8 Å². The Morgan fingerprint density at radius 2 is 2.09 bits per heavy atom. The van der Waals surface area contributed by atoms with Gasteiger partial charge in [0.15, 0.2) is 0 Å². The van der Waals surface area contributed by atoms with E-state index in [9.17, 15) is 4.79 Å². The predicted molar refractivity (Wildman–Crippen MR) is 86.4 cm³/mol. The molecule has 0 aliphatic carbocycles. The van der Waals surface area contributed by atoms with Crippen LogP contribution in [0.3, 0.4) is 0 Å². The average molecular weight is 336 g/mol. The standard InChI is InChI=1S/C15H18ClN5O2/c1-11-18-19-14(23-11)10-20-5-7-21(8-6-20)15(22)17-13-4-2-3-12(16)9-13/h2-4,9H,5-8,10H2,1H3,(H,17,22). The molecular weight excluding hydrogens is 318 g/mol. The van der Waals surface area contributed by atoms with E-state index in [1.54, 1.807) is 24.0 Å². The van der Waals surface area contributed by atoms with Gasteiger partial charge in [-0.05, 0) is 18.2 Å². The molecule has 1 aromatic heterocycles. The molecule has 122 valence electrons. The fourth-order valence-corrected chi connectivity index (χ4v) is 2.66. The maximum atomic E-state index is 12.3. The van der Waals surface area contributed by atoms with Gasteiger partial charge in [-0.1, -0.05) is 17.7 Å². The molecule has 2 amide bonds. The minimum Gasteiger partial charge on any atom is -0.424 e. The summed E-state index contributed by atoms with van der Waals surface area (Å²) in [5.41, 5.74) is 0.700. The van der Waals surface area contributed by atoms with Crippen molar-refractivity contribution in [3.8, 4) is 0 Å². The number of hydrogen-bond donors (Lipinski definition) is 1. The largest absolute Gasteiger partial charge is 0.424 e. The topological polar surface area (TPSA) is 74.5 Å². The van der Waals surface area contributed by atoms with Crippen LogP contribution in [0, 0.1) is 6.92 Å². The first kappa shape index (κ1) is 15.8. The summed E-state index contributed by atoms with van der Waals surface area (Å²) >= 11 is 5.92. The highest BCUT2D eigenvalue weighted by atomic mass is 35.5. The van der Waals surface area contributed by atoms with E-state index in [4.69, 9.17) is 16.0 Å². The molecule has 7 nitrogen and oxygen atoms in total. The van der Waals surface area contributed by atoms with Crippen LogP contribution in [0.2, 0.25) is 5.02 Å². The van der Waals surface area contributed by atoms with Gasteiger partial charge in [-0.25, -0.2) is 4.79 Å². The Hall–Kier alpha value is -2.12. The molecule has 2 aromatic rings. The molecule has 1 aliphatic rings. The number of aromatic nitrogens is 2. The second-order valence-electron chi connectivity index (χ2n) is 5.42. The van der Waals surface area contributed by atoms with Crippen molar-refractivity contribution >= 4 is 23.3 Å². The molecule has 1 aromatic carbocycles. The Kier molecular flexibility index (Phi) is 4.78. The van der Waals surface area contributed by atoms with E-state index in [-0.39, 0.29) is 6.03 Å². The summed E-state index contributed by atoms with van der Waals surface area (Å²) in [5, 5.41) is 11.3. The van der Waals surface area contributed by atoms with Crippen LogP contribution < -0.4 is 5.32 Å². The molecule has 3 rings (SSSR count). The lowest BCUT2D eigenvalue weighted by Crippen LogP contribution is -2.49. The Morgan fingerprint density at radius 3 is 2.74 bits per heavy atom. The van der Waals surface area contributed by atoms with Crippen molar-refractivity contribution in [2.24, 2.45) is 0 Å². The highest BCUT2D eigenvalue weighted by Gasteiger charge is 2.22. The lowest BCUT2D eigenvalue weighted by molar-refractivity contribution is 0.135. The molecule has 23 heavy (non-hydrogen) atoms. The number of nitrogens with zero attached hydrogens (tertiary/aromatic N) is 4. The highest BCUT2D eigenvalue weighted by molar-refractivity contribution is 6.30. The fraction of sp³-hybridized carbons (Fsp3) is 0.400. The number of rotatable bonds is 3. The number of aryl methyl sites for hydroxylation is 1. The van der Waals surface area contributed by atoms with Crippen LogP contribution in [0.25, 0.3) is 0 Å². The minimum atomic E-state index is -0.111. The summed E-state index contributed by atoms with van der Waals surface area (Å²) in [6.07, 6.45) is 0. The molecule has 1 aliphatic heterocycles. The van der Waals surface area contributed by atoms with Crippen LogP contribution in [0.5, 0.6) is 0 Å². The molecule has 1 N–H and O–H groups in total.